The van der Waals surface area contributed by atoms with Crippen LogP contribution in [0, 0.1) is 6.92 Å². The molecule has 5 nitrogen and oxygen atoms in total. The summed E-state index contributed by atoms with van der Waals surface area (Å²) in [6.45, 7) is 3.26. The van der Waals surface area contributed by atoms with Crippen LogP contribution in [-0.2, 0) is 0 Å². The fourth-order valence-corrected chi connectivity index (χ4v) is 1.57. The topological polar surface area (TPSA) is 68.2 Å². The molecule has 0 fully saturated rings. The highest BCUT2D eigenvalue weighted by Gasteiger charge is 2.10. The molecule has 2 aromatic heterocycles. The van der Waals surface area contributed by atoms with Crippen LogP contribution in [0.5, 0.6) is 0 Å². The predicted molar refractivity (Wildman–Crippen MR) is 66.8 cm³/mol. The van der Waals surface area contributed by atoms with E-state index >= 15 is 0 Å². The highest BCUT2D eigenvalue weighted by atomic mass is 16.3. The first-order valence-corrected chi connectivity index (χ1v) is 5.51. The van der Waals surface area contributed by atoms with E-state index in [1.54, 1.807) is 12.5 Å². The Morgan fingerprint density at radius 3 is 2.94 bits per heavy atom. The molecule has 5 heteroatoms. The van der Waals surface area contributed by atoms with E-state index in [1.165, 1.54) is 0 Å². The number of aromatic nitrogens is 2. The summed E-state index contributed by atoms with van der Waals surface area (Å²) in [4.78, 5) is 10.7. The third-order valence-electron chi connectivity index (χ3n) is 2.52. The van der Waals surface area contributed by atoms with Crippen LogP contribution in [0.15, 0.2) is 29.0 Å². The molecule has 0 atom stereocenters. The zero-order valence-corrected chi connectivity index (χ0v) is 10.1. The summed E-state index contributed by atoms with van der Waals surface area (Å²) >= 11 is 0. The standard InChI is InChI=1S/C12H16N4O/c1-9-8-14-12(16(2)6-5-13)15-11(9)10-4-3-7-17-10/h3-4,7-8H,5-6,13H2,1-2H3. The van der Waals surface area contributed by atoms with Gasteiger partial charge in [-0.05, 0) is 24.6 Å². The van der Waals surface area contributed by atoms with Crippen LogP contribution in [0.1, 0.15) is 5.56 Å². The van der Waals surface area contributed by atoms with Crippen LogP contribution in [0.25, 0.3) is 11.5 Å². The molecule has 0 aliphatic rings. The van der Waals surface area contributed by atoms with Crippen LogP contribution >= 0.6 is 0 Å². The van der Waals surface area contributed by atoms with E-state index in [0.29, 0.717) is 12.5 Å². The van der Waals surface area contributed by atoms with Gasteiger partial charge in [0.2, 0.25) is 5.95 Å². The Morgan fingerprint density at radius 2 is 2.29 bits per heavy atom. The van der Waals surface area contributed by atoms with E-state index in [2.05, 4.69) is 9.97 Å². The summed E-state index contributed by atoms with van der Waals surface area (Å²) in [6, 6.07) is 3.74. The van der Waals surface area contributed by atoms with Gasteiger partial charge < -0.3 is 15.1 Å². The summed E-state index contributed by atoms with van der Waals surface area (Å²) in [7, 11) is 1.92. The van der Waals surface area contributed by atoms with E-state index in [0.717, 1.165) is 23.6 Å². The third-order valence-corrected chi connectivity index (χ3v) is 2.52. The molecule has 0 saturated heterocycles. The minimum Gasteiger partial charge on any atom is -0.463 e. The molecule has 0 aliphatic carbocycles. The van der Waals surface area contributed by atoms with Crippen LogP contribution in [0.4, 0.5) is 5.95 Å². The number of nitrogens with two attached hydrogens (primary N) is 1. The lowest BCUT2D eigenvalue weighted by atomic mass is 10.2. The second kappa shape index (κ2) is 4.97. The van der Waals surface area contributed by atoms with E-state index < -0.39 is 0 Å². The molecule has 2 aromatic rings. The van der Waals surface area contributed by atoms with E-state index in [4.69, 9.17) is 10.2 Å². The van der Waals surface area contributed by atoms with Crippen molar-refractivity contribution in [2.45, 2.75) is 6.92 Å². The number of rotatable bonds is 4. The predicted octanol–water partition coefficient (Wildman–Crippen LogP) is 1.44. The van der Waals surface area contributed by atoms with Crippen LogP contribution in [-0.4, -0.2) is 30.1 Å². The average Bonchev–Trinajstić information content (AvgIpc) is 2.83. The Hall–Kier alpha value is -1.88. The average molecular weight is 232 g/mol. The maximum Gasteiger partial charge on any atom is 0.225 e. The van der Waals surface area contributed by atoms with Crippen molar-refractivity contribution in [3.63, 3.8) is 0 Å². The van der Waals surface area contributed by atoms with Gasteiger partial charge in [-0.15, -0.1) is 0 Å². The van der Waals surface area contributed by atoms with Gasteiger partial charge >= 0.3 is 0 Å². The molecule has 0 aromatic carbocycles. The fourth-order valence-electron chi connectivity index (χ4n) is 1.57. The second-order valence-corrected chi connectivity index (χ2v) is 3.89. The normalized spacial score (nSPS) is 10.5. The van der Waals surface area contributed by atoms with Crippen molar-refractivity contribution in [3.8, 4) is 11.5 Å². The molecule has 90 valence electrons. The lowest BCUT2D eigenvalue weighted by Crippen LogP contribution is -2.26. The van der Waals surface area contributed by atoms with E-state index in [1.807, 2.05) is 31.0 Å². The fraction of sp³-hybridized carbons (Fsp3) is 0.333. The highest BCUT2D eigenvalue weighted by molar-refractivity contribution is 5.58. The van der Waals surface area contributed by atoms with Crippen molar-refractivity contribution in [1.82, 2.24) is 9.97 Å². The van der Waals surface area contributed by atoms with Gasteiger partial charge in [-0.25, -0.2) is 9.97 Å². The summed E-state index contributed by atoms with van der Waals surface area (Å²) in [5.74, 6) is 1.42. The molecule has 0 unspecified atom stereocenters. The molecular weight excluding hydrogens is 216 g/mol. The molecular formula is C12H16N4O. The SMILES string of the molecule is Cc1cnc(N(C)CCN)nc1-c1ccco1. The Bertz CT molecular complexity index is 481. The second-order valence-electron chi connectivity index (χ2n) is 3.89. The van der Waals surface area contributed by atoms with Crippen molar-refractivity contribution in [2.24, 2.45) is 5.73 Å². The zero-order chi connectivity index (χ0) is 12.3. The lowest BCUT2D eigenvalue weighted by molar-refractivity contribution is 0.579. The number of aryl methyl sites for hydroxylation is 1. The molecule has 2 heterocycles. The minimum absolute atomic E-state index is 0.573. The van der Waals surface area contributed by atoms with Gasteiger partial charge in [-0.3, -0.25) is 0 Å². The maximum atomic E-state index is 5.51. The molecule has 0 amide bonds. The van der Waals surface area contributed by atoms with Crippen LogP contribution in [0.3, 0.4) is 0 Å². The van der Waals surface area contributed by atoms with Crippen molar-refractivity contribution < 1.29 is 4.42 Å². The van der Waals surface area contributed by atoms with Crippen molar-refractivity contribution >= 4 is 5.95 Å². The van der Waals surface area contributed by atoms with Crippen molar-refractivity contribution in [3.05, 3.63) is 30.2 Å². The number of hydrogen-bond acceptors (Lipinski definition) is 5. The Kier molecular flexibility index (Phi) is 3.39. The molecule has 0 aliphatic heterocycles. The summed E-state index contributed by atoms with van der Waals surface area (Å²) in [6.07, 6.45) is 3.44. The first-order chi connectivity index (χ1) is 8.22. The molecule has 0 saturated carbocycles. The van der Waals surface area contributed by atoms with E-state index in [9.17, 15) is 0 Å². The molecule has 17 heavy (non-hydrogen) atoms. The number of nitrogens with zero attached hydrogens (tertiary/aromatic N) is 3. The quantitative estimate of drug-likeness (QED) is 0.863. The minimum atomic E-state index is 0.573. The largest absolute Gasteiger partial charge is 0.463 e. The molecule has 0 spiro atoms. The van der Waals surface area contributed by atoms with E-state index in [-0.39, 0.29) is 0 Å². The number of likely N-dealkylation sites (N-methyl/N-ethyl adjacent to an activating group) is 1. The zero-order valence-electron chi connectivity index (χ0n) is 10.1. The van der Waals surface area contributed by atoms with Gasteiger partial charge in [0.1, 0.15) is 5.69 Å². The first kappa shape index (κ1) is 11.6. The lowest BCUT2D eigenvalue weighted by Gasteiger charge is -2.16. The number of hydrogen-bond donors (Lipinski definition) is 1. The first-order valence-electron chi connectivity index (χ1n) is 5.51. The van der Waals surface area contributed by atoms with Gasteiger partial charge in [0, 0.05) is 26.3 Å². The van der Waals surface area contributed by atoms with Crippen molar-refractivity contribution in [1.29, 1.82) is 0 Å². The highest BCUT2D eigenvalue weighted by Crippen LogP contribution is 2.22. The summed E-state index contributed by atoms with van der Waals surface area (Å²) in [5.41, 5.74) is 7.33. The third kappa shape index (κ3) is 2.45. The molecule has 0 bridgehead atoms. The van der Waals surface area contributed by atoms with Crippen LogP contribution < -0.4 is 10.6 Å². The Balaban J connectivity index is 2.36. The van der Waals surface area contributed by atoms with Gasteiger partial charge in [-0.1, -0.05) is 0 Å². The van der Waals surface area contributed by atoms with Gasteiger partial charge in [-0.2, -0.15) is 0 Å². The van der Waals surface area contributed by atoms with Gasteiger partial charge in [0.25, 0.3) is 0 Å². The van der Waals surface area contributed by atoms with Gasteiger partial charge in [0.05, 0.1) is 6.26 Å². The summed E-state index contributed by atoms with van der Waals surface area (Å²) < 4.78 is 5.36. The maximum absolute atomic E-state index is 5.51. The number of anilines is 1. The Morgan fingerprint density at radius 1 is 1.47 bits per heavy atom. The number of furan rings is 1. The molecule has 2 rings (SSSR count). The smallest absolute Gasteiger partial charge is 0.225 e. The van der Waals surface area contributed by atoms with Crippen molar-refractivity contribution in [2.75, 3.05) is 25.0 Å². The molecule has 2 N–H and O–H groups in total. The Labute approximate surface area is 100 Å². The van der Waals surface area contributed by atoms with Crippen LogP contribution in [0.2, 0.25) is 0 Å². The molecule has 0 radical (unpaired) electrons. The summed E-state index contributed by atoms with van der Waals surface area (Å²) in [5, 5.41) is 0. The van der Waals surface area contributed by atoms with Gasteiger partial charge in [0.15, 0.2) is 5.76 Å². The monoisotopic (exact) mass is 232 g/mol.